The van der Waals surface area contributed by atoms with Gasteiger partial charge in [0.25, 0.3) is 5.91 Å². The first-order valence-electron chi connectivity index (χ1n) is 11.9. The Hall–Kier alpha value is -3.11. The number of fused-ring (bicyclic) bond motifs is 1. The molecule has 3 rings (SSSR count). The van der Waals surface area contributed by atoms with E-state index in [1.54, 1.807) is 31.2 Å². The molecular formula is C27H38BrN5O4. The zero-order chi connectivity index (χ0) is 26.8. The number of halogens is 1. The summed E-state index contributed by atoms with van der Waals surface area (Å²) in [6.07, 6.45) is 0. The van der Waals surface area contributed by atoms with Crippen LogP contribution in [0.4, 0.5) is 11.4 Å². The van der Waals surface area contributed by atoms with Crippen molar-refractivity contribution in [2.24, 2.45) is 0 Å². The Kier molecular flexibility index (Phi) is 9.73. The number of ether oxygens (including phenoxy) is 1. The summed E-state index contributed by atoms with van der Waals surface area (Å²) in [5.74, 6) is 0.510. The largest absolute Gasteiger partial charge is 0.494 e. The number of amidine groups is 1. The highest BCUT2D eigenvalue weighted by Crippen LogP contribution is 2.38. The number of benzene rings is 2. The van der Waals surface area contributed by atoms with Crippen LogP contribution < -0.4 is 20.3 Å². The number of nitrogens with zero attached hydrogens (tertiary/aromatic N) is 2. The monoisotopic (exact) mass is 575 g/mol. The molecule has 0 spiro atoms. The smallest absolute Gasteiger partial charge is 0.253 e. The van der Waals surface area contributed by atoms with Gasteiger partial charge in [0.15, 0.2) is 5.78 Å². The van der Waals surface area contributed by atoms with Gasteiger partial charge in [-0.25, -0.2) is 0 Å². The molecule has 2 aromatic carbocycles. The third-order valence-electron chi connectivity index (χ3n) is 6.29. The molecule has 0 radical (unpaired) electrons. The molecule has 0 bridgehead atoms. The Morgan fingerprint density at radius 2 is 1.86 bits per heavy atom. The molecule has 0 aromatic heterocycles. The number of aliphatic hydroxyl groups excluding tert-OH is 1. The lowest BCUT2D eigenvalue weighted by molar-refractivity contribution is 0.0955. The Bertz CT molecular complexity index is 1190. The summed E-state index contributed by atoms with van der Waals surface area (Å²) in [5, 5.41) is 23.8. The summed E-state index contributed by atoms with van der Waals surface area (Å²) < 4.78 is 5.66. The molecule has 10 heteroatoms. The van der Waals surface area contributed by atoms with Gasteiger partial charge in [0.1, 0.15) is 11.6 Å². The van der Waals surface area contributed by atoms with E-state index in [4.69, 9.17) is 10.1 Å². The molecule has 1 amide bonds. The number of nitrogens with one attached hydrogen (secondary N) is 3. The Morgan fingerprint density at radius 3 is 2.41 bits per heavy atom. The number of hydrogen-bond acceptors (Lipinski definition) is 7. The van der Waals surface area contributed by atoms with Crippen LogP contribution in [0.15, 0.2) is 24.3 Å². The van der Waals surface area contributed by atoms with Crippen LogP contribution in [0.2, 0.25) is 0 Å². The van der Waals surface area contributed by atoms with Crippen molar-refractivity contribution in [1.82, 2.24) is 10.2 Å². The van der Waals surface area contributed by atoms with Gasteiger partial charge >= 0.3 is 0 Å². The predicted molar refractivity (Wildman–Crippen MR) is 153 cm³/mol. The molecule has 1 aliphatic heterocycles. The summed E-state index contributed by atoms with van der Waals surface area (Å²) in [6.45, 7) is 6.85. The normalized spacial score (nSPS) is 12.5. The lowest BCUT2D eigenvalue weighted by Gasteiger charge is -2.26. The van der Waals surface area contributed by atoms with Gasteiger partial charge in [0, 0.05) is 56.6 Å². The quantitative estimate of drug-likeness (QED) is 0.338. The van der Waals surface area contributed by atoms with Crippen LogP contribution >= 0.6 is 17.0 Å². The summed E-state index contributed by atoms with van der Waals surface area (Å²) in [6, 6.07) is 7.25. The predicted octanol–water partition coefficient (Wildman–Crippen LogP) is 3.42. The SMILES string of the molecule is Br.CNC(=O)c1cc2c(cc1N(C)C)CN(CC(=O)c1cc(NCCO)c(OC)c(C(C)(C)C)c1)C2=N. The van der Waals surface area contributed by atoms with Crippen molar-refractivity contribution in [2.75, 3.05) is 58.2 Å². The third kappa shape index (κ3) is 6.24. The number of aliphatic hydroxyl groups is 1. The Morgan fingerprint density at radius 1 is 1.19 bits per heavy atom. The molecule has 0 atom stereocenters. The number of carbonyl (C=O) groups excluding carboxylic acids is 2. The molecule has 202 valence electrons. The Balaban J connectivity index is 0.00000481. The molecule has 37 heavy (non-hydrogen) atoms. The van der Waals surface area contributed by atoms with Crippen molar-refractivity contribution >= 4 is 45.9 Å². The molecule has 0 saturated heterocycles. The number of rotatable bonds is 9. The number of carbonyl (C=O) groups is 2. The summed E-state index contributed by atoms with van der Waals surface area (Å²) >= 11 is 0. The first kappa shape index (κ1) is 30.1. The number of anilines is 2. The average Bonchev–Trinajstić information content (AvgIpc) is 3.14. The highest BCUT2D eigenvalue weighted by molar-refractivity contribution is 8.93. The molecule has 2 aromatic rings. The van der Waals surface area contributed by atoms with Gasteiger partial charge in [0.2, 0.25) is 0 Å². The fourth-order valence-electron chi connectivity index (χ4n) is 4.41. The second-order valence-corrected chi connectivity index (χ2v) is 10.1. The van der Waals surface area contributed by atoms with Crippen LogP contribution in [0.25, 0.3) is 0 Å². The average molecular weight is 577 g/mol. The number of ketones is 1. The fraction of sp³-hybridized carbons (Fsp3) is 0.444. The fourth-order valence-corrected chi connectivity index (χ4v) is 4.41. The molecular weight excluding hydrogens is 538 g/mol. The van der Waals surface area contributed by atoms with Gasteiger partial charge in [-0.1, -0.05) is 20.8 Å². The van der Waals surface area contributed by atoms with Crippen LogP contribution in [0.1, 0.15) is 58.2 Å². The second kappa shape index (κ2) is 12.0. The molecule has 0 aliphatic carbocycles. The minimum Gasteiger partial charge on any atom is -0.494 e. The van der Waals surface area contributed by atoms with Crippen LogP contribution in [0.3, 0.4) is 0 Å². The van der Waals surface area contributed by atoms with Crippen LogP contribution in [0, 0.1) is 5.41 Å². The van der Waals surface area contributed by atoms with Crippen molar-refractivity contribution in [2.45, 2.75) is 32.7 Å². The van der Waals surface area contributed by atoms with Crippen molar-refractivity contribution in [1.29, 1.82) is 5.41 Å². The first-order chi connectivity index (χ1) is 16.9. The van der Waals surface area contributed by atoms with Gasteiger partial charge in [-0.3, -0.25) is 15.0 Å². The minimum absolute atomic E-state index is 0. The van der Waals surface area contributed by atoms with Crippen molar-refractivity contribution in [3.8, 4) is 5.75 Å². The van der Waals surface area contributed by atoms with Crippen LogP contribution in [-0.4, -0.2) is 75.5 Å². The van der Waals surface area contributed by atoms with Gasteiger partial charge in [0.05, 0.1) is 31.5 Å². The van der Waals surface area contributed by atoms with Gasteiger partial charge in [-0.05, 0) is 35.2 Å². The number of methoxy groups -OCH3 is 1. The van der Waals surface area contributed by atoms with E-state index >= 15 is 0 Å². The second-order valence-electron chi connectivity index (χ2n) is 10.1. The molecule has 1 heterocycles. The maximum Gasteiger partial charge on any atom is 0.253 e. The number of hydrogen-bond donors (Lipinski definition) is 4. The summed E-state index contributed by atoms with van der Waals surface area (Å²) in [7, 11) is 6.91. The van der Waals surface area contributed by atoms with E-state index in [2.05, 4.69) is 10.6 Å². The highest BCUT2D eigenvalue weighted by atomic mass is 79.9. The number of amides is 1. The van der Waals surface area contributed by atoms with E-state index in [0.717, 1.165) is 16.8 Å². The first-order valence-corrected chi connectivity index (χ1v) is 11.9. The summed E-state index contributed by atoms with van der Waals surface area (Å²) in [5.41, 5.74) is 4.55. The highest BCUT2D eigenvalue weighted by Gasteiger charge is 2.30. The van der Waals surface area contributed by atoms with Crippen molar-refractivity contribution in [3.05, 3.63) is 52.1 Å². The Labute approximate surface area is 229 Å². The van der Waals surface area contributed by atoms with E-state index < -0.39 is 0 Å². The lowest BCUT2D eigenvalue weighted by Crippen LogP contribution is -2.30. The molecule has 9 nitrogen and oxygen atoms in total. The van der Waals surface area contributed by atoms with Crippen molar-refractivity contribution < 1.29 is 19.4 Å². The molecule has 0 unspecified atom stereocenters. The van der Waals surface area contributed by atoms with Gasteiger partial charge in [-0.2, -0.15) is 0 Å². The van der Waals surface area contributed by atoms with Gasteiger partial charge in [-0.15, -0.1) is 17.0 Å². The zero-order valence-corrected chi connectivity index (χ0v) is 24.3. The van der Waals surface area contributed by atoms with Crippen LogP contribution in [0.5, 0.6) is 5.75 Å². The van der Waals surface area contributed by atoms with E-state index in [0.29, 0.717) is 41.2 Å². The van der Waals surface area contributed by atoms with E-state index in [1.165, 1.54) is 0 Å². The minimum atomic E-state index is -0.285. The third-order valence-corrected chi connectivity index (χ3v) is 6.29. The summed E-state index contributed by atoms with van der Waals surface area (Å²) in [4.78, 5) is 29.5. The maximum absolute atomic E-state index is 13.5. The maximum atomic E-state index is 13.5. The van der Waals surface area contributed by atoms with Crippen molar-refractivity contribution in [3.63, 3.8) is 0 Å². The topological polar surface area (TPSA) is 118 Å². The standard InChI is InChI=1S/C27H37N5O4.BrH/c1-27(2,3)20-10-16(11-21(24(20)36-7)30-8-9-33)23(34)15-32-14-17-12-22(31(5)6)19(26(35)29-4)13-18(17)25(32)28;/h10-13,28,30,33H,8-9,14-15H2,1-7H3,(H,29,35);1H. The van der Waals surface area contributed by atoms with Crippen LogP contribution in [-0.2, 0) is 12.0 Å². The molecule has 4 N–H and O–H groups in total. The molecule has 0 fully saturated rings. The zero-order valence-electron chi connectivity index (χ0n) is 22.6. The molecule has 0 saturated carbocycles. The van der Waals surface area contributed by atoms with E-state index in [9.17, 15) is 14.7 Å². The van der Waals surface area contributed by atoms with E-state index in [-0.39, 0.29) is 53.1 Å². The molecule has 1 aliphatic rings. The lowest BCUT2D eigenvalue weighted by atomic mass is 9.84. The number of Topliss-reactive ketones (excluding diaryl/α,β-unsaturated/α-hetero) is 1. The van der Waals surface area contributed by atoms with E-state index in [1.807, 2.05) is 51.9 Å². The van der Waals surface area contributed by atoms with Gasteiger partial charge < -0.3 is 30.3 Å².